The predicted molar refractivity (Wildman–Crippen MR) is 91.1 cm³/mol. The first kappa shape index (κ1) is 17.6. The molecule has 0 aliphatic rings. The molecule has 0 radical (unpaired) electrons. The highest BCUT2D eigenvalue weighted by Crippen LogP contribution is 2.13. The maximum Gasteiger partial charge on any atom is 0.315 e. The number of ether oxygens (including phenoxy) is 1. The summed E-state index contributed by atoms with van der Waals surface area (Å²) >= 11 is 5.77. The fourth-order valence-corrected chi connectivity index (χ4v) is 2.01. The topological polar surface area (TPSA) is 92.3 Å². The van der Waals surface area contributed by atoms with Crippen molar-refractivity contribution in [3.05, 3.63) is 53.2 Å². The van der Waals surface area contributed by atoms with Crippen molar-refractivity contribution in [1.82, 2.24) is 15.6 Å². The number of halogens is 1. The Kier molecular flexibility index (Phi) is 6.39. The van der Waals surface area contributed by atoms with Crippen LogP contribution in [0, 0.1) is 0 Å². The Bertz CT molecular complexity index is 707. The van der Waals surface area contributed by atoms with Crippen LogP contribution in [0.15, 0.2) is 42.6 Å². The Hall–Kier alpha value is -2.80. The Balaban J connectivity index is 1.74. The second kappa shape index (κ2) is 8.73. The summed E-state index contributed by atoms with van der Waals surface area (Å²) in [5.74, 6) is 0.102. The van der Waals surface area contributed by atoms with E-state index in [0.717, 1.165) is 5.56 Å². The second-order valence-corrected chi connectivity index (χ2v) is 5.20. The van der Waals surface area contributed by atoms with Crippen LogP contribution in [0.1, 0.15) is 5.56 Å². The summed E-state index contributed by atoms with van der Waals surface area (Å²) in [6.07, 6.45) is 1.60. The van der Waals surface area contributed by atoms with E-state index < -0.39 is 6.03 Å². The fourth-order valence-electron chi connectivity index (χ4n) is 1.88. The summed E-state index contributed by atoms with van der Waals surface area (Å²) in [5, 5.41) is 8.33. The first-order chi connectivity index (χ1) is 11.6. The van der Waals surface area contributed by atoms with Gasteiger partial charge in [-0.15, -0.1) is 0 Å². The summed E-state index contributed by atoms with van der Waals surface area (Å²) in [6.45, 7) is 0.0836. The van der Waals surface area contributed by atoms with Gasteiger partial charge >= 0.3 is 6.03 Å². The van der Waals surface area contributed by atoms with Gasteiger partial charge in [0.1, 0.15) is 0 Å². The molecule has 2 aromatic rings. The van der Waals surface area contributed by atoms with E-state index in [9.17, 15) is 9.59 Å². The first-order valence-corrected chi connectivity index (χ1v) is 7.51. The van der Waals surface area contributed by atoms with Crippen molar-refractivity contribution in [2.45, 2.75) is 6.54 Å². The zero-order chi connectivity index (χ0) is 17.4. The van der Waals surface area contributed by atoms with Gasteiger partial charge in [-0.25, -0.2) is 9.78 Å². The first-order valence-electron chi connectivity index (χ1n) is 7.13. The van der Waals surface area contributed by atoms with Gasteiger partial charge in [0.2, 0.25) is 11.8 Å². The van der Waals surface area contributed by atoms with Crippen molar-refractivity contribution < 1.29 is 14.3 Å². The normalized spacial score (nSPS) is 9.92. The molecule has 0 spiro atoms. The molecule has 3 amide bonds. The molecule has 2 rings (SSSR count). The minimum atomic E-state index is -0.466. The van der Waals surface area contributed by atoms with E-state index in [-0.39, 0.29) is 19.0 Å². The molecule has 7 nitrogen and oxygen atoms in total. The molecule has 0 bridgehead atoms. The molecule has 0 aliphatic heterocycles. The molecular weight excluding hydrogens is 332 g/mol. The van der Waals surface area contributed by atoms with Crippen molar-refractivity contribution in [3.63, 3.8) is 0 Å². The number of aromatic nitrogens is 1. The molecule has 24 heavy (non-hydrogen) atoms. The zero-order valence-electron chi connectivity index (χ0n) is 13.0. The van der Waals surface area contributed by atoms with E-state index in [1.165, 1.54) is 7.11 Å². The van der Waals surface area contributed by atoms with Gasteiger partial charge in [0, 0.05) is 29.0 Å². The molecule has 0 fully saturated rings. The number of carbonyl (C=O) groups excluding carboxylic acids is 2. The Labute approximate surface area is 144 Å². The van der Waals surface area contributed by atoms with E-state index in [4.69, 9.17) is 16.3 Å². The van der Waals surface area contributed by atoms with Gasteiger partial charge in [-0.2, -0.15) is 0 Å². The summed E-state index contributed by atoms with van der Waals surface area (Å²) < 4.78 is 5.09. The van der Waals surface area contributed by atoms with Gasteiger partial charge in [-0.1, -0.05) is 17.7 Å². The molecule has 1 heterocycles. The smallest absolute Gasteiger partial charge is 0.315 e. The molecule has 0 unspecified atom stereocenters. The third-order valence-corrected chi connectivity index (χ3v) is 3.27. The Morgan fingerprint density at radius 2 is 1.92 bits per heavy atom. The molecule has 0 saturated carbocycles. The second-order valence-electron chi connectivity index (χ2n) is 4.76. The minimum Gasteiger partial charge on any atom is -0.481 e. The number of rotatable bonds is 6. The van der Waals surface area contributed by atoms with E-state index in [0.29, 0.717) is 16.6 Å². The van der Waals surface area contributed by atoms with E-state index in [2.05, 4.69) is 20.9 Å². The average molecular weight is 349 g/mol. The number of pyridine rings is 1. The van der Waals surface area contributed by atoms with E-state index in [1.54, 1.807) is 42.6 Å². The van der Waals surface area contributed by atoms with Crippen LogP contribution < -0.4 is 20.7 Å². The van der Waals surface area contributed by atoms with Gasteiger partial charge in [0.25, 0.3) is 0 Å². The summed E-state index contributed by atoms with van der Waals surface area (Å²) in [7, 11) is 1.51. The number of benzene rings is 1. The average Bonchev–Trinajstić information content (AvgIpc) is 2.60. The standard InChI is InChI=1S/C16H17ClN4O3/c1-24-15-11(3-2-8-18-15)9-19-16(23)20-10-14(22)21-13-6-4-12(17)5-7-13/h2-8H,9-10H2,1H3,(H,21,22)(H2,19,20,23). The molecule has 0 saturated heterocycles. The van der Waals surface area contributed by atoms with Crippen molar-refractivity contribution in [2.24, 2.45) is 0 Å². The summed E-state index contributed by atoms with van der Waals surface area (Å²) in [5.41, 5.74) is 1.34. The summed E-state index contributed by atoms with van der Waals surface area (Å²) in [4.78, 5) is 27.5. The van der Waals surface area contributed by atoms with Crippen LogP contribution in [0.2, 0.25) is 5.02 Å². The third kappa shape index (κ3) is 5.44. The highest BCUT2D eigenvalue weighted by Gasteiger charge is 2.08. The van der Waals surface area contributed by atoms with Crippen LogP contribution in [-0.4, -0.2) is 30.6 Å². The van der Waals surface area contributed by atoms with Gasteiger partial charge in [-0.3, -0.25) is 4.79 Å². The zero-order valence-corrected chi connectivity index (χ0v) is 13.8. The Morgan fingerprint density at radius 1 is 1.17 bits per heavy atom. The van der Waals surface area contributed by atoms with Gasteiger partial charge in [0.15, 0.2) is 0 Å². The van der Waals surface area contributed by atoms with Crippen LogP contribution in [0.5, 0.6) is 5.88 Å². The maximum atomic E-state index is 11.8. The predicted octanol–water partition coefficient (Wildman–Crippen LogP) is 2.18. The highest BCUT2D eigenvalue weighted by atomic mass is 35.5. The van der Waals surface area contributed by atoms with Gasteiger partial charge in [-0.05, 0) is 30.3 Å². The lowest BCUT2D eigenvalue weighted by Gasteiger charge is -2.10. The van der Waals surface area contributed by atoms with Crippen LogP contribution in [-0.2, 0) is 11.3 Å². The third-order valence-electron chi connectivity index (χ3n) is 3.02. The largest absolute Gasteiger partial charge is 0.481 e. The number of carbonyl (C=O) groups is 2. The number of methoxy groups -OCH3 is 1. The maximum absolute atomic E-state index is 11.8. The number of urea groups is 1. The summed E-state index contributed by atoms with van der Waals surface area (Å²) in [6, 6.07) is 9.75. The number of nitrogens with zero attached hydrogens (tertiary/aromatic N) is 1. The molecule has 126 valence electrons. The quantitative estimate of drug-likeness (QED) is 0.746. The van der Waals surface area contributed by atoms with Crippen molar-refractivity contribution in [1.29, 1.82) is 0 Å². The highest BCUT2D eigenvalue weighted by molar-refractivity contribution is 6.30. The van der Waals surface area contributed by atoms with Crippen LogP contribution in [0.25, 0.3) is 0 Å². The molecule has 3 N–H and O–H groups in total. The van der Waals surface area contributed by atoms with Crippen LogP contribution >= 0.6 is 11.6 Å². The monoisotopic (exact) mass is 348 g/mol. The van der Waals surface area contributed by atoms with Gasteiger partial charge in [0.05, 0.1) is 13.7 Å². The van der Waals surface area contributed by atoms with Crippen molar-refractivity contribution in [3.8, 4) is 5.88 Å². The van der Waals surface area contributed by atoms with Crippen molar-refractivity contribution in [2.75, 3.05) is 19.0 Å². The number of hydrogen-bond acceptors (Lipinski definition) is 4. The SMILES string of the molecule is COc1ncccc1CNC(=O)NCC(=O)Nc1ccc(Cl)cc1. The lowest BCUT2D eigenvalue weighted by molar-refractivity contribution is -0.115. The minimum absolute atomic E-state index is 0.154. The van der Waals surface area contributed by atoms with Gasteiger partial charge < -0.3 is 20.7 Å². The number of nitrogens with one attached hydrogen (secondary N) is 3. The molecule has 8 heteroatoms. The number of hydrogen-bond donors (Lipinski definition) is 3. The number of amides is 3. The Morgan fingerprint density at radius 3 is 2.62 bits per heavy atom. The molecule has 1 aromatic heterocycles. The molecular formula is C16H17ClN4O3. The lowest BCUT2D eigenvalue weighted by atomic mass is 10.3. The number of anilines is 1. The van der Waals surface area contributed by atoms with Crippen LogP contribution in [0.3, 0.4) is 0 Å². The van der Waals surface area contributed by atoms with Crippen molar-refractivity contribution >= 4 is 29.2 Å². The molecule has 1 aromatic carbocycles. The lowest BCUT2D eigenvalue weighted by Crippen LogP contribution is -2.39. The van der Waals surface area contributed by atoms with Crippen LogP contribution in [0.4, 0.5) is 10.5 Å². The van der Waals surface area contributed by atoms with E-state index in [1.807, 2.05) is 0 Å². The fraction of sp³-hybridized carbons (Fsp3) is 0.188. The molecule has 0 atom stereocenters. The molecule has 0 aliphatic carbocycles. The van der Waals surface area contributed by atoms with E-state index >= 15 is 0 Å².